The van der Waals surface area contributed by atoms with Gasteiger partial charge >= 0.3 is 0 Å². The minimum Gasteiger partial charge on any atom is -0.300 e. The first-order chi connectivity index (χ1) is 6.29. The number of nitrogens with one attached hydrogen (secondary N) is 1. The maximum atomic E-state index is 10.9. The quantitative estimate of drug-likeness (QED) is 0.363. The van der Waals surface area contributed by atoms with Gasteiger partial charge in [-0.25, -0.2) is 5.84 Å². The molecule has 0 spiro atoms. The van der Waals surface area contributed by atoms with Crippen molar-refractivity contribution in [2.45, 2.75) is 31.7 Å². The Morgan fingerprint density at radius 2 is 2.38 bits per heavy atom. The summed E-state index contributed by atoms with van der Waals surface area (Å²) in [6.07, 6.45) is 4.61. The zero-order valence-corrected chi connectivity index (χ0v) is 7.83. The fourth-order valence-electron chi connectivity index (χ4n) is 2.62. The number of fused-ring (bicyclic) bond motifs is 2. The SMILES string of the molecule is NNC(=O)CCN1CC2CCC1C2. The maximum absolute atomic E-state index is 10.9. The number of carbonyl (C=O) groups excluding carboxylic acids is 1. The van der Waals surface area contributed by atoms with Crippen molar-refractivity contribution < 1.29 is 4.79 Å². The summed E-state index contributed by atoms with van der Waals surface area (Å²) in [6.45, 7) is 2.08. The molecule has 1 amide bonds. The Hall–Kier alpha value is -0.610. The highest BCUT2D eigenvalue weighted by Crippen LogP contribution is 2.37. The molecule has 2 rings (SSSR count). The van der Waals surface area contributed by atoms with E-state index in [-0.39, 0.29) is 5.91 Å². The van der Waals surface area contributed by atoms with E-state index in [1.165, 1.54) is 25.8 Å². The molecular weight excluding hydrogens is 166 g/mol. The van der Waals surface area contributed by atoms with E-state index in [1.54, 1.807) is 0 Å². The van der Waals surface area contributed by atoms with Gasteiger partial charge in [0.2, 0.25) is 5.91 Å². The predicted molar refractivity (Wildman–Crippen MR) is 49.6 cm³/mol. The summed E-state index contributed by atoms with van der Waals surface area (Å²) in [7, 11) is 0. The van der Waals surface area contributed by atoms with Crippen molar-refractivity contribution in [2.75, 3.05) is 13.1 Å². The van der Waals surface area contributed by atoms with Crippen LogP contribution in [-0.2, 0) is 4.79 Å². The number of amides is 1. The molecule has 1 aliphatic carbocycles. The Morgan fingerprint density at radius 1 is 1.54 bits per heavy atom. The second-order valence-electron chi connectivity index (χ2n) is 4.15. The molecule has 74 valence electrons. The number of nitrogens with zero attached hydrogens (tertiary/aromatic N) is 1. The van der Waals surface area contributed by atoms with Gasteiger partial charge in [-0.15, -0.1) is 0 Å². The molecular formula is C9H17N3O. The zero-order valence-electron chi connectivity index (χ0n) is 7.83. The molecule has 2 unspecified atom stereocenters. The van der Waals surface area contributed by atoms with E-state index < -0.39 is 0 Å². The highest BCUT2D eigenvalue weighted by Gasteiger charge is 2.37. The van der Waals surface area contributed by atoms with Crippen molar-refractivity contribution in [3.8, 4) is 0 Å². The molecule has 1 saturated heterocycles. The Morgan fingerprint density at radius 3 is 2.92 bits per heavy atom. The number of rotatable bonds is 3. The van der Waals surface area contributed by atoms with E-state index >= 15 is 0 Å². The minimum absolute atomic E-state index is 0.0530. The smallest absolute Gasteiger partial charge is 0.235 e. The fourth-order valence-corrected chi connectivity index (χ4v) is 2.62. The van der Waals surface area contributed by atoms with E-state index in [1.807, 2.05) is 0 Å². The van der Waals surface area contributed by atoms with Crippen molar-refractivity contribution in [2.24, 2.45) is 11.8 Å². The zero-order chi connectivity index (χ0) is 9.26. The first kappa shape index (κ1) is 8.97. The lowest BCUT2D eigenvalue weighted by Gasteiger charge is -2.26. The van der Waals surface area contributed by atoms with Crippen LogP contribution in [0, 0.1) is 5.92 Å². The average molecular weight is 183 g/mol. The Labute approximate surface area is 78.4 Å². The Kier molecular flexibility index (Phi) is 2.51. The van der Waals surface area contributed by atoms with E-state index in [9.17, 15) is 4.79 Å². The van der Waals surface area contributed by atoms with Crippen molar-refractivity contribution >= 4 is 5.91 Å². The minimum atomic E-state index is -0.0530. The molecule has 2 fully saturated rings. The third-order valence-electron chi connectivity index (χ3n) is 3.31. The summed E-state index contributed by atoms with van der Waals surface area (Å²) in [5, 5.41) is 0. The number of likely N-dealkylation sites (tertiary alicyclic amines) is 1. The molecule has 4 nitrogen and oxygen atoms in total. The van der Waals surface area contributed by atoms with Crippen molar-refractivity contribution in [3.63, 3.8) is 0 Å². The van der Waals surface area contributed by atoms with Crippen LogP contribution in [0.5, 0.6) is 0 Å². The molecule has 4 heteroatoms. The second kappa shape index (κ2) is 3.64. The van der Waals surface area contributed by atoms with Gasteiger partial charge in [-0.3, -0.25) is 15.1 Å². The van der Waals surface area contributed by atoms with Gasteiger partial charge < -0.3 is 0 Å². The van der Waals surface area contributed by atoms with Crippen molar-refractivity contribution in [1.29, 1.82) is 0 Å². The highest BCUT2D eigenvalue weighted by molar-refractivity contribution is 5.75. The highest BCUT2D eigenvalue weighted by atomic mass is 16.2. The summed E-state index contributed by atoms with van der Waals surface area (Å²) in [6, 6.07) is 0.760. The predicted octanol–water partition coefficient (Wildman–Crippen LogP) is -0.149. The molecule has 3 N–H and O–H groups in total. The first-order valence-corrected chi connectivity index (χ1v) is 5.03. The van der Waals surface area contributed by atoms with Gasteiger partial charge in [0.25, 0.3) is 0 Å². The number of hydrazine groups is 1. The summed E-state index contributed by atoms with van der Waals surface area (Å²) in [5.74, 6) is 5.87. The van der Waals surface area contributed by atoms with Gasteiger partial charge in [-0.2, -0.15) is 0 Å². The maximum Gasteiger partial charge on any atom is 0.235 e. The molecule has 0 aromatic heterocycles. The first-order valence-electron chi connectivity index (χ1n) is 5.03. The normalized spacial score (nSPS) is 32.4. The van der Waals surface area contributed by atoms with Crippen LogP contribution in [0.2, 0.25) is 0 Å². The molecule has 2 atom stereocenters. The van der Waals surface area contributed by atoms with Crippen molar-refractivity contribution in [1.82, 2.24) is 10.3 Å². The lowest BCUT2D eigenvalue weighted by Crippen LogP contribution is -2.37. The molecule has 13 heavy (non-hydrogen) atoms. The van der Waals surface area contributed by atoms with E-state index in [4.69, 9.17) is 5.84 Å². The van der Waals surface area contributed by atoms with Crippen LogP contribution in [-0.4, -0.2) is 29.9 Å². The molecule has 0 aromatic carbocycles. The van der Waals surface area contributed by atoms with E-state index in [0.717, 1.165) is 18.5 Å². The number of hydrogen-bond acceptors (Lipinski definition) is 3. The average Bonchev–Trinajstić information content (AvgIpc) is 2.74. The number of nitrogens with two attached hydrogens (primary N) is 1. The van der Waals surface area contributed by atoms with Crippen LogP contribution < -0.4 is 11.3 Å². The van der Waals surface area contributed by atoms with E-state index in [0.29, 0.717) is 6.42 Å². The molecule has 0 aromatic rings. The van der Waals surface area contributed by atoms with Crippen LogP contribution in [0.25, 0.3) is 0 Å². The standard InChI is InChI=1S/C9H17N3O/c10-11-9(13)3-4-12-6-7-1-2-8(12)5-7/h7-8H,1-6,10H2,(H,11,13). The topological polar surface area (TPSA) is 58.4 Å². The summed E-state index contributed by atoms with van der Waals surface area (Å²) >= 11 is 0. The molecule has 2 bridgehead atoms. The van der Waals surface area contributed by atoms with Crippen LogP contribution in [0.1, 0.15) is 25.7 Å². The van der Waals surface area contributed by atoms with E-state index in [2.05, 4.69) is 10.3 Å². The third kappa shape index (κ3) is 1.84. The molecule has 1 aliphatic heterocycles. The van der Waals surface area contributed by atoms with Crippen LogP contribution in [0.15, 0.2) is 0 Å². The van der Waals surface area contributed by atoms with Crippen LogP contribution in [0.4, 0.5) is 0 Å². The fraction of sp³-hybridized carbons (Fsp3) is 0.889. The van der Waals surface area contributed by atoms with Gasteiger partial charge in [-0.1, -0.05) is 0 Å². The number of carbonyl (C=O) groups is 1. The second-order valence-corrected chi connectivity index (χ2v) is 4.15. The number of piperidine rings is 1. The van der Waals surface area contributed by atoms with Gasteiger partial charge in [-0.05, 0) is 25.2 Å². The van der Waals surface area contributed by atoms with Gasteiger partial charge in [0.1, 0.15) is 0 Å². The lowest BCUT2D eigenvalue weighted by molar-refractivity contribution is -0.121. The summed E-state index contributed by atoms with van der Waals surface area (Å²) in [5.41, 5.74) is 2.17. The van der Waals surface area contributed by atoms with Gasteiger partial charge in [0.05, 0.1) is 0 Å². The van der Waals surface area contributed by atoms with Crippen molar-refractivity contribution in [3.05, 3.63) is 0 Å². The molecule has 0 radical (unpaired) electrons. The number of hydrogen-bond donors (Lipinski definition) is 2. The molecule has 1 saturated carbocycles. The summed E-state index contributed by atoms with van der Waals surface area (Å²) in [4.78, 5) is 13.3. The van der Waals surface area contributed by atoms with Gasteiger partial charge in [0, 0.05) is 25.6 Å². The monoisotopic (exact) mass is 183 g/mol. The Balaban J connectivity index is 1.74. The lowest BCUT2D eigenvalue weighted by atomic mass is 10.1. The largest absolute Gasteiger partial charge is 0.300 e. The molecule has 2 aliphatic rings. The molecule has 1 heterocycles. The van der Waals surface area contributed by atoms with Crippen LogP contribution >= 0.6 is 0 Å². The van der Waals surface area contributed by atoms with Crippen LogP contribution in [0.3, 0.4) is 0 Å². The van der Waals surface area contributed by atoms with Gasteiger partial charge in [0.15, 0.2) is 0 Å². The third-order valence-corrected chi connectivity index (χ3v) is 3.31. The Bertz CT molecular complexity index is 207. The summed E-state index contributed by atoms with van der Waals surface area (Å²) < 4.78 is 0.